The maximum absolute atomic E-state index is 12.5. The van der Waals surface area contributed by atoms with Gasteiger partial charge in [0.05, 0.1) is 11.6 Å². The summed E-state index contributed by atoms with van der Waals surface area (Å²) >= 11 is 0. The van der Waals surface area contributed by atoms with Gasteiger partial charge in [-0.25, -0.2) is 4.99 Å². The van der Waals surface area contributed by atoms with Crippen LogP contribution in [-0.2, 0) is 9.53 Å². The van der Waals surface area contributed by atoms with Crippen LogP contribution in [0.1, 0.15) is 42.5 Å². The number of benzene rings is 1. The molecule has 0 spiro atoms. The van der Waals surface area contributed by atoms with E-state index in [1.807, 2.05) is 6.07 Å². The SMILES string of the molecule is O=C1OC(=NC2CCCCC2)C2Oc3ccccc3C(=O)C12. The molecule has 2 heterocycles. The van der Waals surface area contributed by atoms with E-state index in [4.69, 9.17) is 9.47 Å². The van der Waals surface area contributed by atoms with Crippen LogP contribution in [0.3, 0.4) is 0 Å². The van der Waals surface area contributed by atoms with Crippen LogP contribution >= 0.6 is 0 Å². The summed E-state index contributed by atoms with van der Waals surface area (Å²) in [6.07, 6.45) is 4.83. The maximum Gasteiger partial charge on any atom is 0.327 e. The Bertz CT molecular complexity index is 660. The molecule has 0 aromatic heterocycles. The van der Waals surface area contributed by atoms with Crippen molar-refractivity contribution >= 4 is 17.7 Å². The zero-order chi connectivity index (χ0) is 15.1. The fraction of sp³-hybridized carbons (Fsp3) is 0.471. The number of ketones is 1. The molecule has 0 amide bonds. The fourth-order valence-corrected chi connectivity index (χ4v) is 3.42. The van der Waals surface area contributed by atoms with Crippen molar-refractivity contribution in [1.82, 2.24) is 0 Å². The highest BCUT2D eigenvalue weighted by atomic mass is 16.6. The van der Waals surface area contributed by atoms with E-state index in [-0.39, 0.29) is 17.7 Å². The van der Waals surface area contributed by atoms with E-state index >= 15 is 0 Å². The molecular formula is C17H17NO4. The largest absolute Gasteiger partial charge is 0.479 e. The average molecular weight is 299 g/mol. The molecule has 2 unspecified atom stereocenters. The van der Waals surface area contributed by atoms with Crippen molar-refractivity contribution in [3.63, 3.8) is 0 Å². The molecule has 2 fully saturated rings. The second-order valence-electron chi connectivity index (χ2n) is 6.06. The Kier molecular flexibility index (Phi) is 3.21. The first-order valence-corrected chi connectivity index (χ1v) is 7.83. The number of cyclic esters (lactones) is 1. The molecule has 3 aliphatic rings. The third-order valence-corrected chi connectivity index (χ3v) is 4.58. The summed E-state index contributed by atoms with van der Waals surface area (Å²) in [5, 5.41) is 0. The summed E-state index contributed by atoms with van der Waals surface area (Å²) in [6.45, 7) is 0. The van der Waals surface area contributed by atoms with Crippen molar-refractivity contribution in [2.45, 2.75) is 44.2 Å². The third-order valence-electron chi connectivity index (χ3n) is 4.58. The molecule has 0 radical (unpaired) electrons. The lowest BCUT2D eigenvalue weighted by atomic mass is 9.90. The molecule has 5 heteroatoms. The Morgan fingerprint density at radius 3 is 2.64 bits per heavy atom. The molecule has 0 bridgehead atoms. The van der Waals surface area contributed by atoms with E-state index in [2.05, 4.69) is 4.99 Å². The van der Waals surface area contributed by atoms with Crippen LogP contribution in [0.5, 0.6) is 5.75 Å². The Morgan fingerprint density at radius 1 is 1.05 bits per heavy atom. The second kappa shape index (κ2) is 5.23. The number of fused-ring (bicyclic) bond motifs is 2. The van der Waals surface area contributed by atoms with Gasteiger partial charge in [0, 0.05) is 0 Å². The van der Waals surface area contributed by atoms with E-state index in [1.54, 1.807) is 18.2 Å². The molecule has 1 aromatic carbocycles. The Hall–Kier alpha value is -2.17. The molecule has 1 saturated carbocycles. The molecule has 2 aliphatic heterocycles. The summed E-state index contributed by atoms with van der Waals surface area (Å²) in [7, 11) is 0. The van der Waals surface area contributed by atoms with Crippen molar-refractivity contribution in [3.05, 3.63) is 29.8 Å². The van der Waals surface area contributed by atoms with Gasteiger partial charge < -0.3 is 9.47 Å². The number of esters is 1. The molecular weight excluding hydrogens is 282 g/mol. The molecule has 1 aliphatic carbocycles. The quantitative estimate of drug-likeness (QED) is 0.590. The summed E-state index contributed by atoms with van der Waals surface area (Å²) in [5.41, 5.74) is 0.444. The van der Waals surface area contributed by atoms with Gasteiger partial charge in [-0.15, -0.1) is 0 Å². The van der Waals surface area contributed by atoms with E-state index in [0.29, 0.717) is 11.3 Å². The smallest absolute Gasteiger partial charge is 0.327 e. The van der Waals surface area contributed by atoms with Crippen molar-refractivity contribution in [3.8, 4) is 5.75 Å². The topological polar surface area (TPSA) is 65.0 Å². The van der Waals surface area contributed by atoms with Crippen LogP contribution in [0.4, 0.5) is 0 Å². The van der Waals surface area contributed by atoms with Crippen LogP contribution in [0.25, 0.3) is 0 Å². The minimum absolute atomic E-state index is 0.172. The molecule has 114 valence electrons. The molecule has 22 heavy (non-hydrogen) atoms. The lowest BCUT2D eigenvalue weighted by molar-refractivity contribution is -0.136. The first kappa shape index (κ1) is 13.5. The summed E-state index contributed by atoms with van der Waals surface area (Å²) in [6, 6.07) is 7.16. The molecule has 1 aromatic rings. The highest BCUT2D eigenvalue weighted by molar-refractivity contribution is 6.19. The zero-order valence-electron chi connectivity index (χ0n) is 12.2. The summed E-state index contributed by atoms with van der Waals surface area (Å²) in [4.78, 5) is 29.2. The highest BCUT2D eigenvalue weighted by Crippen LogP contribution is 2.36. The van der Waals surface area contributed by atoms with Crippen molar-refractivity contribution in [2.75, 3.05) is 0 Å². The lowest BCUT2D eigenvalue weighted by Gasteiger charge is -2.25. The average Bonchev–Trinajstić information content (AvgIpc) is 2.85. The highest BCUT2D eigenvalue weighted by Gasteiger charge is 2.52. The van der Waals surface area contributed by atoms with E-state index in [1.165, 1.54) is 6.42 Å². The van der Waals surface area contributed by atoms with E-state index in [9.17, 15) is 9.59 Å². The van der Waals surface area contributed by atoms with Gasteiger partial charge in [-0.3, -0.25) is 9.59 Å². The van der Waals surface area contributed by atoms with Gasteiger partial charge in [-0.2, -0.15) is 0 Å². The van der Waals surface area contributed by atoms with Gasteiger partial charge in [0.1, 0.15) is 5.75 Å². The Labute approximate surface area is 128 Å². The summed E-state index contributed by atoms with van der Waals surface area (Å²) < 4.78 is 11.1. The predicted molar refractivity (Wildman–Crippen MR) is 79.1 cm³/mol. The number of nitrogens with zero attached hydrogens (tertiary/aromatic N) is 1. The minimum atomic E-state index is -0.905. The first-order valence-electron chi connectivity index (χ1n) is 7.83. The van der Waals surface area contributed by atoms with Crippen LogP contribution in [0.2, 0.25) is 0 Å². The van der Waals surface area contributed by atoms with Crippen molar-refractivity contribution in [2.24, 2.45) is 10.9 Å². The van der Waals surface area contributed by atoms with Crippen LogP contribution < -0.4 is 4.74 Å². The molecule has 5 nitrogen and oxygen atoms in total. The molecule has 4 rings (SSSR count). The van der Waals surface area contributed by atoms with Crippen LogP contribution in [0.15, 0.2) is 29.3 Å². The fourth-order valence-electron chi connectivity index (χ4n) is 3.42. The molecule has 1 saturated heterocycles. The third kappa shape index (κ3) is 2.12. The number of carbonyl (C=O) groups is 2. The van der Waals surface area contributed by atoms with Gasteiger partial charge in [0.25, 0.3) is 0 Å². The number of Topliss-reactive ketones (excluding diaryl/α,β-unsaturated/α-hetero) is 1. The number of ether oxygens (including phenoxy) is 2. The van der Waals surface area contributed by atoms with E-state index in [0.717, 1.165) is 25.7 Å². The monoisotopic (exact) mass is 299 g/mol. The zero-order valence-corrected chi connectivity index (χ0v) is 12.2. The lowest BCUT2D eigenvalue weighted by Crippen LogP contribution is -2.40. The van der Waals surface area contributed by atoms with Crippen molar-refractivity contribution in [1.29, 1.82) is 0 Å². The summed E-state index contributed by atoms with van der Waals surface area (Å²) in [5.74, 6) is -0.893. The number of rotatable bonds is 1. The Balaban J connectivity index is 1.67. The Morgan fingerprint density at radius 2 is 1.82 bits per heavy atom. The second-order valence-corrected chi connectivity index (χ2v) is 6.06. The predicted octanol–water partition coefficient (Wildman–Crippen LogP) is 2.53. The maximum atomic E-state index is 12.5. The minimum Gasteiger partial charge on any atom is -0.479 e. The number of hydrogen-bond donors (Lipinski definition) is 0. The van der Waals surface area contributed by atoms with Crippen molar-refractivity contribution < 1.29 is 19.1 Å². The molecule has 2 atom stereocenters. The van der Waals surface area contributed by atoms with Crippen LogP contribution in [0, 0.1) is 5.92 Å². The number of aliphatic imine (C=N–C) groups is 1. The first-order chi connectivity index (χ1) is 10.7. The molecule has 0 N–H and O–H groups in total. The number of hydrogen-bond acceptors (Lipinski definition) is 5. The standard InChI is InChI=1S/C17H17NO4/c19-14-11-8-4-5-9-12(11)21-15-13(14)17(20)22-16(15)18-10-6-2-1-3-7-10/h4-5,8-10,13,15H,1-3,6-7H2. The number of carbonyl (C=O) groups excluding carboxylic acids is 2. The normalized spacial score (nSPS) is 29.7. The van der Waals surface area contributed by atoms with Crippen LogP contribution in [-0.4, -0.2) is 29.8 Å². The van der Waals surface area contributed by atoms with Gasteiger partial charge in [0.15, 0.2) is 17.8 Å². The van der Waals surface area contributed by atoms with Gasteiger partial charge in [-0.05, 0) is 25.0 Å². The number of para-hydroxylation sites is 1. The van der Waals surface area contributed by atoms with Gasteiger partial charge in [0.2, 0.25) is 5.90 Å². The van der Waals surface area contributed by atoms with Gasteiger partial charge >= 0.3 is 5.97 Å². The van der Waals surface area contributed by atoms with Gasteiger partial charge in [-0.1, -0.05) is 31.4 Å². The van der Waals surface area contributed by atoms with E-state index < -0.39 is 18.0 Å².